The lowest BCUT2D eigenvalue weighted by molar-refractivity contribution is 0.0697. The number of ketones is 1. The van der Waals surface area contributed by atoms with E-state index in [9.17, 15) is 18.0 Å². The molecule has 0 aromatic heterocycles. The summed E-state index contributed by atoms with van der Waals surface area (Å²) < 4.78 is 28.0. The van der Waals surface area contributed by atoms with Crippen LogP contribution >= 0.6 is 15.9 Å². The van der Waals surface area contributed by atoms with Gasteiger partial charge in [-0.2, -0.15) is 4.31 Å². The van der Waals surface area contributed by atoms with Gasteiger partial charge in [0.2, 0.25) is 10.0 Å². The van der Waals surface area contributed by atoms with Crippen LogP contribution in [0.25, 0.3) is 0 Å². The summed E-state index contributed by atoms with van der Waals surface area (Å²) in [6.45, 7) is 2.48. The predicted molar refractivity (Wildman–Crippen MR) is 105 cm³/mol. The van der Waals surface area contributed by atoms with Gasteiger partial charge in [-0.05, 0) is 43.3 Å². The first-order chi connectivity index (χ1) is 12.8. The average molecular weight is 451 g/mol. The van der Waals surface area contributed by atoms with Gasteiger partial charge >= 0.3 is 0 Å². The van der Waals surface area contributed by atoms with Gasteiger partial charge in [-0.25, -0.2) is 8.42 Å². The van der Waals surface area contributed by atoms with E-state index in [1.165, 1.54) is 23.4 Å². The van der Waals surface area contributed by atoms with E-state index in [1.807, 2.05) is 0 Å². The number of rotatable bonds is 4. The van der Waals surface area contributed by atoms with Crippen molar-refractivity contribution in [3.05, 3.63) is 64.1 Å². The number of amides is 1. The Morgan fingerprint density at radius 3 is 2.15 bits per heavy atom. The SMILES string of the molecule is CC(=O)c1cccc(S(=O)(=O)N2CCN(C(=O)c3ccc(Br)cc3)CC2)c1. The fourth-order valence-electron chi connectivity index (χ4n) is 2.93. The summed E-state index contributed by atoms with van der Waals surface area (Å²) in [7, 11) is -3.70. The second kappa shape index (κ2) is 7.92. The van der Waals surface area contributed by atoms with Gasteiger partial charge in [0.1, 0.15) is 0 Å². The van der Waals surface area contributed by atoms with Crippen LogP contribution in [0, 0.1) is 0 Å². The minimum atomic E-state index is -3.70. The molecule has 1 fully saturated rings. The van der Waals surface area contributed by atoms with Crippen LogP contribution < -0.4 is 0 Å². The van der Waals surface area contributed by atoms with Crippen LogP contribution in [0.4, 0.5) is 0 Å². The van der Waals surface area contributed by atoms with Crippen LogP contribution in [0.3, 0.4) is 0 Å². The normalized spacial score (nSPS) is 15.6. The van der Waals surface area contributed by atoms with Gasteiger partial charge in [0.25, 0.3) is 5.91 Å². The van der Waals surface area contributed by atoms with E-state index in [0.29, 0.717) is 24.2 Å². The molecule has 1 amide bonds. The first-order valence-electron chi connectivity index (χ1n) is 8.45. The molecule has 0 radical (unpaired) electrons. The second-order valence-electron chi connectivity index (χ2n) is 6.29. The first-order valence-corrected chi connectivity index (χ1v) is 10.7. The Hall–Kier alpha value is -2.03. The number of Topliss-reactive ketones (excluding diaryl/α,β-unsaturated/α-hetero) is 1. The van der Waals surface area contributed by atoms with Crippen LogP contribution in [0.2, 0.25) is 0 Å². The highest BCUT2D eigenvalue weighted by Gasteiger charge is 2.30. The number of nitrogens with zero attached hydrogens (tertiary/aromatic N) is 2. The summed E-state index contributed by atoms with van der Waals surface area (Å²) in [5.74, 6) is -0.296. The van der Waals surface area contributed by atoms with Crippen LogP contribution in [0.5, 0.6) is 0 Å². The standard InChI is InChI=1S/C19H19BrN2O4S/c1-14(23)16-3-2-4-18(13-16)27(25,26)22-11-9-21(10-12-22)19(24)15-5-7-17(20)8-6-15/h2-8,13H,9-12H2,1H3. The summed E-state index contributed by atoms with van der Waals surface area (Å²) in [5, 5.41) is 0. The Kier molecular flexibility index (Phi) is 5.78. The molecule has 0 aliphatic carbocycles. The predicted octanol–water partition coefficient (Wildman–Crippen LogP) is 2.80. The number of carbonyl (C=O) groups is 2. The molecule has 1 aliphatic rings. The average Bonchev–Trinajstić information content (AvgIpc) is 2.68. The van der Waals surface area contributed by atoms with Gasteiger partial charge in [0.15, 0.2) is 5.78 Å². The van der Waals surface area contributed by atoms with E-state index in [-0.39, 0.29) is 29.7 Å². The lowest BCUT2D eigenvalue weighted by Crippen LogP contribution is -2.50. The van der Waals surface area contributed by atoms with Crippen LogP contribution in [0.15, 0.2) is 57.9 Å². The van der Waals surface area contributed by atoms with Crippen LogP contribution in [0.1, 0.15) is 27.6 Å². The molecule has 142 valence electrons. The molecule has 6 nitrogen and oxygen atoms in total. The molecular weight excluding hydrogens is 432 g/mol. The molecule has 3 rings (SSSR count). The van der Waals surface area contributed by atoms with Crippen molar-refractivity contribution in [3.8, 4) is 0 Å². The van der Waals surface area contributed by atoms with Crippen molar-refractivity contribution < 1.29 is 18.0 Å². The molecule has 27 heavy (non-hydrogen) atoms. The van der Waals surface area contributed by atoms with Gasteiger partial charge in [-0.1, -0.05) is 28.1 Å². The molecule has 1 aliphatic heterocycles. The van der Waals surface area contributed by atoms with Gasteiger partial charge in [0.05, 0.1) is 4.90 Å². The third kappa shape index (κ3) is 4.28. The van der Waals surface area contributed by atoms with Crippen molar-refractivity contribution in [3.63, 3.8) is 0 Å². The lowest BCUT2D eigenvalue weighted by atomic mass is 10.2. The molecule has 1 saturated heterocycles. The number of hydrogen-bond acceptors (Lipinski definition) is 4. The summed E-state index contributed by atoms with van der Waals surface area (Å²) in [4.78, 5) is 25.8. The molecule has 2 aromatic carbocycles. The van der Waals surface area contributed by atoms with Crippen molar-refractivity contribution in [2.75, 3.05) is 26.2 Å². The minimum Gasteiger partial charge on any atom is -0.336 e. The van der Waals surface area contributed by atoms with Crippen LogP contribution in [-0.4, -0.2) is 55.5 Å². The molecule has 1 heterocycles. The van der Waals surface area contributed by atoms with Crippen LogP contribution in [-0.2, 0) is 10.0 Å². The number of carbonyl (C=O) groups excluding carboxylic acids is 2. The smallest absolute Gasteiger partial charge is 0.253 e. The summed E-state index contributed by atoms with van der Waals surface area (Å²) in [5.41, 5.74) is 0.934. The van der Waals surface area contributed by atoms with Gasteiger partial charge < -0.3 is 4.90 Å². The number of benzene rings is 2. The quantitative estimate of drug-likeness (QED) is 0.671. The van der Waals surface area contributed by atoms with Crippen molar-refractivity contribution in [1.29, 1.82) is 0 Å². The highest BCUT2D eigenvalue weighted by Crippen LogP contribution is 2.20. The Morgan fingerprint density at radius 1 is 0.926 bits per heavy atom. The number of sulfonamides is 1. The van der Waals surface area contributed by atoms with Gasteiger partial charge in [-0.3, -0.25) is 9.59 Å². The van der Waals surface area contributed by atoms with Gasteiger partial charge in [0, 0.05) is 41.8 Å². The van der Waals surface area contributed by atoms with E-state index in [1.54, 1.807) is 41.3 Å². The number of hydrogen-bond donors (Lipinski definition) is 0. The Bertz CT molecular complexity index is 965. The zero-order chi connectivity index (χ0) is 19.6. The fourth-order valence-corrected chi connectivity index (χ4v) is 4.66. The summed E-state index contributed by atoms with van der Waals surface area (Å²) in [6.07, 6.45) is 0. The highest BCUT2D eigenvalue weighted by molar-refractivity contribution is 9.10. The second-order valence-corrected chi connectivity index (χ2v) is 9.14. The molecule has 0 atom stereocenters. The first kappa shape index (κ1) is 19.7. The van der Waals surface area contributed by atoms with Crippen molar-refractivity contribution in [1.82, 2.24) is 9.21 Å². The Morgan fingerprint density at radius 2 is 1.56 bits per heavy atom. The molecule has 2 aromatic rings. The Labute approximate surface area is 167 Å². The molecular formula is C19H19BrN2O4S. The third-order valence-electron chi connectivity index (χ3n) is 4.50. The van der Waals surface area contributed by atoms with E-state index in [0.717, 1.165) is 4.47 Å². The summed E-state index contributed by atoms with van der Waals surface area (Å²) >= 11 is 3.34. The van der Waals surface area contributed by atoms with Crippen molar-refractivity contribution >= 4 is 37.6 Å². The monoisotopic (exact) mass is 450 g/mol. The van der Waals surface area contributed by atoms with Crippen molar-refractivity contribution in [2.45, 2.75) is 11.8 Å². The largest absolute Gasteiger partial charge is 0.336 e. The summed E-state index contributed by atoms with van der Waals surface area (Å²) in [6, 6.07) is 13.1. The Balaban J connectivity index is 1.71. The van der Waals surface area contributed by atoms with E-state index in [4.69, 9.17) is 0 Å². The maximum absolute atomic E-state index is 12.9. The van der Waals surface area contributed by atoms with Crippen molar-refractivity contribution in [2.24, 2.45) is 0 Å². The zero-order valence-corrected chi connectivity index (χ0v) is 17.2. The molecule has 0 unspecified atom stereocenters. The van der Waals surface area contributed by atoms with Gasteiger partial charge in [-0.15, -0.1) is 0 Å². The third-order valence-corrected chi connectivity index (χ3v) is 6.92. The van der Waals surface area contributed by atoms with E-state index >= 15 is 0 Å². The molecule has 0 saturated carbocycles. The molecule has 8 heteroatoms. The highest BCUT2D eigenvalue weighted by atomic mass is 79.9. The van der Waals surface area contributed by atoms with E-state index in [2.05, 4.69) is 15.9 Å². The maximum atomic E-state index is 12.9. The zero-order valence-electron chi connectivity index (χ0n) is 14.8. The molecule has 0 spiro atoms. The molecule has 0 bridgehead atoms. The number of piperazine rings is 1. The van der Waals surface area contributed by atoms with E-state index < -0.39 is 10.0 Å². The lowest BCUT2D eigenvalue weighted by Gasteiger charge is -2.34. The molecule has 0 N–H and O–H groups in total. The fraction of sp³-hybridized carbons (Fsp3) is 0.263. The topological polar surface area (TPSA) is 74.8 Å². The minimum absolute atomic E-state index is 0.0999. The number of halogens is 1. The maximum Gasteiger partial charge on any atom is 0.253 e.